The number of amides is 1. The number of hydrogen-bond donors (Lipinski definition) is 0. The van der Waals surface area contributed by atoms with Gasteiger partial charge in [0, 0.05) is 50.9 Å². The number of piperazine rings is 1. The predicted molar refractivity (Wildman–Crippen MR) is 99.7 cm³/mol. The average molecular weight is 353 g/mol. The molecule has 1 aromatic heterocycles. The maximum Gasteiger partial charge on any atom is 0.222 e. The molecule has 1 amide bonds. The predicted octanol–water partition coefficient (Wildman–Crippen LogP) is 1.87. The number of nitriles is 1. The van der Waals surface area contributed by atoms with Crippen LogP contribution in [0.1, 0.15) is 37.7 Å². The lowest BCUT2D eigenvalue weighted by molar-refractivity contribution is -0.130. The largest absolute Gasteiger partial charge is 0.352 e. The van der Waals surface area contributed by atoms with E-state index in [0.29, 0.717) is 17.9 Å². The van der Waals surface area contributed by atoms with Gasteiger partial charge in [0.15, 0.2) is 0 Å². The Hall–Kier alpha value is -2.13. The molecule has 1 saturated carbocycles. The van der Waals surface area contributed by atoms with E-state index in [4.69, 9.17) is 0 Å². The highest BCUT2D eigenvalue weighted by Gasteiger charge is 2.43. The van der Waals surface area contributed by atoms with Crippen molar-refractivity contribution in [1.82, 2.24) is 14.8 Å². The van der Waals surface area contributed by atoms with Gasteiger partial charge >= 0.3 is 0 Å². The van der Waals surface area contributed by atoms with Crippen molar-refractivity contribution in [3.8, 4) is 6.07 Å². The monoisotopic (exact) mass is 353 g/mol. The van der Waals surface area contributed by atoms with E-state index in [0.717, 1.165) is 57.3 Å². The van der Waals surface area contributed by atoms with Crippen molar-refractivity contribution in [2.75, 3.05) is 44.7 Å². The molecule has 0 N–H and O–H groups in total. The Morgan fingerprint density at radius 2 is 2.15 bits per heavy atom. The number of carbonyl (C=O) groups is 1. The van der Waals surface area contributed by atoms with Crippen LogP contribution in [0.3, 0.4) is 0 Å². The molecule has 138 valence electrons. The minimum absolute atomic E-state index is 0.0174. The van der Waals surface area contributed by atoms with Crippen LogP contribution in [0.25, 0.3) is 0 Å². The summed E-state index contributed by atoms with van der Waals surface area (Å²) in [6, 6.07) is 5.92. The molecule has 0 bridgehead atoms. The van der Waals surface area contributed by atoms with Gasteiger partial charge in [-0.1, -0.05) is 0 Å². The lowest BCUT2D eigenvalue weighted by atomic mass is 9.86. The fourth-order valence-corrected chi connectivity index (χ4v) is 4.42. The molecular weight excluding hydrogens is 326 g/mol. The summed E-state index contributed by atoms with van der Waals surface area (Å²) in [7, 11) is 2.18. The number of pyridine rings is 1. The van der Waals surface area contributed by atoms with Crippen LogP contribution in [0, 0.1) is 17.2 Å². The maximum absolute atomic E-state index is 12.6. The summed E-state index contributed by atoms with van der Waals surface area (Å²) in [5, 5.41) is 9.43. The van der Waals surface area contributed by atoms with Crippen molar-refractivity contribution in [3.63, 3.8) is 0 Å². The van der Waals surface area contributed by atoms with E-state index in [2.05, 4.69) is 32.8 Å². The van der Waals surface area contributed by atoms with Crippen LogP contribution in [-0.2, 0) is 4.79 Å². The van der Waals surface area contributed by atoms with E-state index in [-0.39, 0.29) is 5.54 Å². The van der Waals surface area contributed by atoms with Gasteiger partial charge in [0.1, 0.15) is 11.9 Å². The van der Waals surface area contributed by atoms with Crippen LogP contribution < -0.4 is 4.90 Å². The Labute approximate surface area is 155 Å². The fourth-order valence-electron chi connectivity index (χ4n) is 4.42. The average Bonchev–Trinajstić information content (AvgIpc) is 3.50. The molecule has 3 heterocycles. The second-order valence-corrected chi connectivity index (χ2v) is 8.09. The maximum atomic E-state index is 12.6. The van der Waals surface area contributed by atoms with E-state index in [1.165, 1.54) is 12.8 Å². The van der Waals surface area contributed by atoms with Gasteiger partial charge in [-0.3, -0.25) is 9.69 Å². The third kappa shape index (κ3) is 3.28. The highest BCUT2D eigenvalue weighted by atomic mass is 16.2. The Kier molecular flexibility index (Phi) is 4.58. The first kappa shape index (κ1) is 17.3. The minimum atomic E-state index is -0.0174. The second-order valence-electron chi connectivity index (χ2n) is 8.09. The smallest absolute Gasteiger partial charge is 0.222 e. The molecule has 1 aromatic rings. The summed E-state index contributed by atoms with van der Waals surface area (Å²) in [5.41, 5.74) is 0.614. The lowest BCUT2D eigenvalue weighted by Gasteiger charge is -2.49. The molecular formula is C20H27N5O. The Bertz CT molecular complexity index is 725. The van der Waals surface area contributed by atoms with Crippen molar-refractivity contribution in [1.29, 1.82) is 5.26 Å². The molecule has 3 aliphatic rings. The molecule has 6 heteroatoms. The number of nitrogens with zero attached hydrogens (tertiary/aromatic N) is 5. The van der Waals surface area contributed by atoms with Crippen LogP contribution in [0.2, 0.25) is 0 Å². The number of likely N-dealkylation sites (tertiary alicyclic amines) is 1. The van der Waals surface area contributed by atoms with Crippen molar-refractivity contribution in [3.05, 3.63) is 23.9 Å². The zero-order chi connectivity index (χ0) is 18.1. The number of rotatable bonds is 3. The number of aromatic nitrogens is 1. The van der Waals surface area contributed by atoms with Crippen LogP contribution in [0.4, 0.5) is 5.82 Å². The Morgan fingerprint density at radius 1 is 1.31 bits per heavy atom. The number of likely N-dealkylation sites (N-methyl/N-ethyl adjacent to an activating group) is 1. The number of hydrogen-bond acceptors (Lipinski definition) is 5. The van der Waals surface area contributed by atoms with Gasteiger partial charge in [-0.25, -0.2) is 4.98 Å². The minimum Gasteiger partial charge on any atom is -0.352 e. The van der Waals surface area contributed by atoms with Gasteiger partial charge in [0.25, 0.3) is 0 Å². The highest BCUT2D eigenvalue weighted by molar-refractivity contribution is 5.76. The van der Waals surface area contributed by atoms with Crippen LogP contribution >= 0.6 is 0 Å². The SMILES string of the molecule is CN1CCN(c2ncccc2C#N)CC12CCC(=O)N(CC1CC1)CC2. The molecule has 1 spiro atoms. The Balaban J connectivity index is 1.54. The molecule has 2 aliphatic heterocycles. The van der Waals surface area contributed by atoms with Gasteiger partial charge < -0.3 is 9.80 Å². The topological polar surface area (TPSA) is 63.5 Å². The number of anilines is 1. The lowest BCUT2D eigenvalue weighted by Crippen LogP contribution is -2.61. The van der Waals surface area contributed by atoms with Crippen molar-refractivity contribution in [2.24, 2.45) is 5.92 Å². The molecule has 3 fully saturated rings. The molecule has 4 rings (SSSR count). The van der Waals surface area contributed by atoms with E-state index in [9.17, 15) is 10.1 Å². The first-order chi connectivity index (χ1) is 12.6. The van der Waals surface area contributed by atoms with Crippen LogP contribution in [0.5, 0.6) is 0 Å². The molecule has 26 heavy (non-hydrogen) atoms. The van der Waals surface area contributed by atoms with Gasteiger partial charge in [-0.2, -0.15) is 5.26 Å². The first-order valence-corrected chi connectivity index (χ1v) is 9.70. The summed E-state index contributed by atoms with van der Waals surface area (Å²) in [4.78, 5) is 23.9. The highest BCUT2D eigenvalue weighted by Crippen LogP contribution is 2.36. The molecule has 0 aromatic carbocycles. The zero-order valence-electron chi connectivity index (χ0n) is 15.5. The van der Waals surface area contributed by atoms with Gasteiger partial charge in [0.05, 0.1) is 5.56 Å². The Morgan fingerprint density at radius 3 is 2.92 bits per heavy atom. The molecule has 1 unspecified atom stereocenters. The molecule has 2 saturated heterocycles. The second kappa shape index (κ2) is 6.88. The van der Waals surface area contributed by atoms with Crippen LogP contribution in [0.15, 0.2) is 18.3 Å². The standard InChI is InChI=1S/C20H27N5O/c1-23-11-12-25(19-17(13-21)3-2-9-22-19)15-20(23)7-6-18(26)24(10-8-20)14-16-4-5-16/h2-3,9,16H,4-8,10-12,14-15H2,1H3. The summed E-state index contributed by atoms with van der Waals surface area (Å²) in [5.74, 6) is 1.84. The first-order valence-electron chi connectivity index (χ1n) is 9.70. The van der Waals surface area contributed by atoms with Crippen molar-refractivity contribution < 1.29 is 4.79 Å². The van der Waals surface area contributed by atoms with Crippen LogP contribution in [-0.4, -0.2) is 66.0 Å². The van der Waals surface area contributed by atoms with Gasteiger partial charge in [0.2, 0.25) is 5.91 Å². The third-order valence-corrected chi connectivity index (χ3v) is 6.39. The summed E-state index contributed by atoms with van der Waals surface area (Å²) in [6.45, 7) is 4.42. The molecule has 6 nitrogen and oxygen atoms in total. The molecule has 1 atom stereocenters. The molecule has 1 aliphatic carbocycles. The summed E-state index contributed by atoms with van der Waals surface area (Å²) >= 11 is 0. The third-order valence-electron chi connectivity index (χ3n) is 6.39. The zero-order valence-corrected chi connectivity index (χ0v) is 15.5. The van der Waals surface area contributed by atoms with E-state index >= 15 is 0 Å². The van der Waals surface area contributed by atoms with E-state index in [1.807, 2.05) is 12.1 Å². The summed E-state index contributed by atoms with van der Waals surface area (Å²) < 4.78 is 0. The fraction of sp³-hybridized carbons (Fsp3) is 0.650. The van der Waals surface area contributed by atoms with E-state index in [1.54, 1.807) is 6.20 Å². The van der Waals surface area contributed by atoms with E-state index < -0.39 is 0 Å². The molecule has 0 radical (unpaired) electrons. The van der Waals surface area contributed by atoms with Gasteiger partial charge in [-0.15, -0.1) is 0 Å². The number of carbonyl (C=O) groups excluding carboxylic acids is 1. The quantitative estimate of drug-likeness (QED) is 0.830. The van der Waals surface area contributed by atoms with Gasteiger partial charge in [-0.05, 0) is 50.8 Å². The normalized spacial score (nSPS) is 27.5. The summed E-state index contributed by atoms with van der Waals surface area (Å²) in [6.07, 6.45) is 6.81. The van der Waals surface area contributed by atoms with Crippen molar-refractivity contribution in [2.45, 2.75) is 37.6 Å². The van der Waals surface area contributed by atoms with Crippen molar-refractivity contribution >= 4 is 11.7 Å².